The summed E-state index contributed by atoms with van der Waals surface area (Å²) in [5, 5.41) is 28.7. The standard InChI is InChI=1S/C52H70N9O12P/c1-6-9-19-38(58-50(69)41(56-44(62)8-3)27-33-22-24-35(25-23-33)73-74(4,5)72)48(67)55-31-45(63)57-42(28-34-30-54-37-21-15-14-18-36(34)37)51(70)59-39(20-10-7-2)49(68)61-43(29-46(64)65)52(71)60-40(47(53)66)26-32-16-12-11-13-17-32/h11-18,21-25,30,38-43,54H,6-10,19-20,26-29,31H2,1-5H3,(H2,53,66)(H,55,67)(H,56,62)(H,57,63)(H,58,69)(H,59,70)(H,60,71)(H,61,68)(H,64,65). The van der Waals surface area contributed by atoms with Crippen LogP contribution >= 0.6 is 7.37 Å². The van der Waals surface area contributed by atoms with Crippen molar-refractivity contribution in [1.82, 2.24) is 42.2 Å². The Morgan fingerprint density at radius 2 is 1.09 bits per heavy atom. The Labute approximate surface area is 430 Å². The second-order valence-corrected chi connectivity index (χ2v) is 21.0. The number of unbranched alkanes of at least 4 members (excludes halogenated alkanes) is 2. The van der Waals surface area contributed by atoms with Gasteiger partial charge in [-0.2, -0.15) is 0 Å². The van der Waals surface area contributed by atoms with E-state index in [9.17, 15) is 52.8 Å². The van der Waals surface area contributed by atoms with Crippen LogP contribution in [0.2, 0.25) is 0 Å². The molecule has 1 aromatic heterocycles. The zero-order chi connectivity index (χ0) is 54.4. The summed E-state index contributed by atoms with van der Waals surface area (Å²) in [6.45, 7) is 7.69. The van der Waals surface area contributed by atoms with Crippen molar-refractivity contribution < 1.29 is 57.3 Å². The fourth-order valence-electron chi connectivity index (χ4n) is 7.85. The van der Waals surface area contributed by atoms with Crippen LogP contribution in [0, 0.1) is 0 Å². The van der Waals surface area contributed by atoms with Gasteiger partial charge in [0, 0.05) is 56.1 Å². The number of para-hydroxylation sites is 1. The second-order valence-electron chi connectivity index (χ2n) is 18.3. The summed E-state index contributed by atoms with van der Waals surface area (Å²) < 4.78 is 17.6. The van der Waals surface area contributed by atoms with Crippen molar-refractivity contribution >= 4 is 71.5 Å². The van der Waals surface area contributed by atoms with E-state index in [2.05, 4.69) is 42.2 Å². The van der Waals surface area contributed by atoms with Gasteiger partial charge in [-0.3, -0.25) is 47.7 Å². The Hall–Kier alpha value is -7.54. The van der Waals surface area contributed by atoms with Gasteiger partial charge in [0.15, 0.2) is 0 Å². The third-order valence-electron chi connectivity index (χ3n) is 11.7. The smallest absolute Gasteiger partial charge is 0.305 e. The van der Waals surface area contributed by atoms with E-state index in [0.717, 1.165) is 10.9 Å². The van der Waals surface area contributed by atoms with Gasteiger partial charge in [-0.05, 0) is 47.7 Å². The maximum atomic E-state index is 14.3. The predicted octanol–water partition coefficient (Wildman–Crippen LogP) is 2.89. The van der Waals surface area contributed by atoms with Gasteiger partial charge in [0.25, 0.3) is 0 Å². The van der Waals surface area contributed by atoms with E-state index >= 15 is 0 Å². The summed E-state index contributed by atoms with van der Waals surface area (Å²) in [6, 6.07) is 14.6. The van der Waals surface area contributed by atoms with Gasteiger partial charge in [0.05, 0.1) is 13.0 Å². The van der Waals surface area contributed by atoms with E-state index in [1.165, 1.54) is 13.3 Å². The maximum Gasteiger partial charge on any atom is 0.305 e. The molecule has 0 bridgehead atoms. The summed E-state index contributed by atoms with van der Waals surface area (Å²) in [5.74, 6) is -7.22. The number of carbonyl (C=O) groups excluding carboxylic acids is 8. The van der Waals surface area contributed by atoms with Crippen LogP contribution in [0.5, 0.6) is 5.75 Å². The minimum absolute atomic E-state index is 0.00612. The maximum absolute atomic E-state index is 14.3. The number of hydrogen-bond donors (Lipinski definition) is 10. The van der Waals surface area contributed by atoms with Crippen LogP contribution in [0.3, 0.4) is 0 Å². The summed E-state index contributed by atoms with van der Waals surface area (Å²) >= 11 is 0. The first-order valence-corrected chi connectivity index (χ1v) is 27.2. The van der Waals surface area contributed by atoms with Crippen molar-refractivity contribution in [3.05, 3.63) is 102 Å². The number of amides is 8. The van der Waals surface area contributed by atoms with E-state index in [4.69, 9.17) is 10.3 Å². The fraction of sp³-hybridized carbons (Fsp3) is 0.442. The number of rotatable bonds is 31. The molecular formula is C52H70N9O12P. The van der Waals surface area contributed by atoms with Crippen molar-refractivity contribution in [2.75, 3.05) is 19.9 Å². The summed E-state index contributed by atoms with van der Waals surface area (Å²) in [4.78, 5) is 123. The molecule has 74 heavy (non-hydrogen) atoms. The third kappa shape index (κ3) is 19.8. The summed E-state index contributed by atoms with van der Waals surface area (Å²) in [5.41, 5.74) is 8.27. The average Bonchev–Trinajstić information content (AvgIpc) is 3.77. The first kappa shape index (κ1) is 59.0. The van der Waals surface area contributed by atoms with Crippen LogP contribution < -0.4 is 47.5 Å². The number of carbonyl (C=O) groups is 9. The zero-order valence-corrected chi connectivity index (χ0v) is 43.4. The molecule has 0 spiro atoms. The lowest BCUT2D eigenvalue weighted by Crippen LogP contribution is -2.59. The molecule has 21 nitrogen and oxygen atoms in total. The number of nitrogens with one attached hydrogen (secondary N) is 8. The van der Waals surface area contributed by atoms with Gasteiger partial charge in [-0.15, -0.1) is 0 Å². The largest absolute Gasteiger partial charge is 0.481 e. The van der Waals surface area contributed by atoms with Crippen molar-refractivity contribution in [1.29, 1.82) is 0 Å². The number of hydrogen-bond acceptors (Lipinski definition) is 11. The van der Waals surface area contributed by atoms with Crippen LogP contribution in [0.25, 0.3) is 10.9 Å². The van der Waals surface area contributed by atoms with Gasteiger partial charge in [-0.25, -0.2) is 0 Å². The highest BCUT2D eigenvalue weighted by atomic mass is 31.2. The molecule has 0 saturated carbocycles. The van der Waals surface area contributed by atoms with Crippen LogP contribution in [0.15, 0.2) is 85.1 Å². The number of carboxylic acids is 1. The lowest BCUT2D eigenvalue weighted by molar-refractivity contribution is -0.141. The number of aliphatic carboxylic acids is 1. The van der Waals surface area contributed by atoms with Crippen molar-refractivity contribution in [2.45, 2.75) is 128 Å². The van der Waals surface area contributed by atoms with Crippen LogP contribution in [-0.4, -0.2) is 119 Å². The molecule has 4 rings (SSSR count). The number of H-pyrrole nitrogens is 1. The molecule has 4 aromatic rings. The van der Waals surface area contributed by atoms with E-state index < -0.39 is 110 Å². The van der Waals surface area contributed by atoms with Crippen LogP contribution in [-0.2, 0) is 67.0 Å². The first-order chi connectivity index (χ1) is 35.2. The molecule has 11 N–H and O–H groups in total. The normalized spacial score (nSPS) is 13.6. The number of primary amides is 1. The summed E-state index contributed by atoms with van der Waals surface area (Å²) in [6.07, 6.45) is 3.23. The lowest BCUT2D eigenvalue weighted by atomic mass is 10.0. The van der Waals surface area contributed by atoms with Crippen molar-refractivity contribution in [3.63, 3.8) is 0 Å². The van der Waals surface area contributed by atoms with Crippen molar-refractivity contribution in [3.8, 4) is 5.75 Å². The molecular weight excluding hydrogens is 974 g/mol. The molecule has 0 fully saturated rings. The Kier molecular flexibility index (Phi) is 23.3. The lowest BCUT2D eigenvalue weighted by Gasteiger charge is -2.26. The number of aromatic amines is 1. The number of benzene rings is 3. The van der Waals surface area contributed by atoms with Gasteiger partial charge in [-0.1, -0.05) is 107 Å². The molecule has 400 valence electrons. The van der Waals surface area contributed by atoms with Gasteiger partial charge in [0.1, 0.15) is 42.0 Å². The SMILES string of the molecule is CCCCC(NC(=O)C(Cc1ccc(OP(C)(C)=O)cc1)NC(=O)CC)C(=O)NCC(=O)NC(Cc1c[nH]c2ccccc12)C(=O)NC(CCCC)C(=O)NC(CC(=O)O)C(=O)NC(Cc1ccccc1)C(N)=O. The molecule has 22 heteroatoms. The molecule has 8 amide bonds. The van der Waals surface area contributed by atoms with Gasteiger partial charge in [0.2, 0.25) is 54.6 Å². The fourth-order valence-corrected chi connectivity index (χ4v) is 8.48. The number of fused-ring (bicyclic) bond motifs is 1. The van der Waals surface area contributed by atoms with E-state index in [0.29, 0.717) is 48.1 Å². The highest BCUT2D eigenvalue weighted by Gasteiger charge is 2.33. The molecule has 6 atom stereocenters. The van der Waals surface area contributed by atoms with Crippen LogP contribution in [0.1, 0.15) is 88.8 Å². The second kappa shape index (κ2) is 29.2. The topological polar surface area (TPSA) is 326 Å². The van der Waals surface area contributed by atoms with Gasteiger partial charge >= 0.3 is 5.97 Å². The highest BCUT2D eigenvalue weighted by Crippen LogP contribution is 2.38. The molecule has 1 heterocycles. The number of nitrogens with two attached hydrogens (primary N) is 1. The van der Waals surface area contributed by atoms with E-state index in [-0.39, 0.29) is 38.5 Å². The monoisotopic (exact) mass is 1040 g/mol. The molecule has 0 aliphatic rings. The Bertz CT molecular complexity index is 2620. The first-order valence-electron chi connectivity index (χ1n) is 24.7. The minimum Gasteiger partial charge on any atom is -0.481 e. The molecule has 0 radical (unpaired) electrons. The Morgan fingerprint density at radius 1 is 0.595 bits per heavy atom. The average molecular weight is 1040 g/mol. The van der Waals surface area contributed by atoms with Crippen LogP contribution in [0.4, 0.5) is 0 Å². The molecule has 0 saturated heterocycles. The van der Waals surface area contributed by atoms with E-state index in [1.807, 2.05) is 32.0 Å². The molecule has 0 aliphatic carbocycles. The Balaban J connectivity index is 1.51. The number of carboxylic acid groups (broad SMARTS) is 1. The van der Waals surface area contributed by atoms with E-state index in [1.54, 1.807) is 73.8 Å². The number of aromatic nitrogens is 1. The zero-order valence-electron chi connectivity index (χ0n) is 42.5. The third-order valence-corrected chi connectivity index (χ3v) is 12.4. The molecule has 0 aliphatic heterocycles. The Morgan fingerprint density at radius 3 is 1.68 bits per heavy atom. The molecule has 6 unspecified atom stereocenters. The molecule has 3 aromatic carbocycles. The predicted molar refractivity (Wildman–Crippen MR) is 278 cm³/mol. The van der Waals surface area contributed by atoms with Crippen molar-refractivity contribution in [2.24, 2.45) is 5.73 Å². The minimum atomic E-state index is -2.83. The highest BCUT2D eigenvalue weighted by molar-refractivity contribution is 7.57. The summed E-state index contributed by atoms with van der Waals surface area (Å²) in [7, 11) is -2.83. The quantitative estimate of drug-likeness (QED) is 0.0326. The van der Waals surface area contributed by atoms with Gasteiger partial charge < -0.3 is 57.6 Å².